The molecule has 152 valence electrons. The molecule has 0 radical (unpaired) electrons. The van der Waals surface area contributed by atoms with Crippen LogP contribution in [0.1, 0.15) is 62.3 Å². The number of hydrogen-bond donors (Lipinski definition) is 0. The van der Waals surface area contributed by atoms with E-state index >= 15 is 0 Å². The average Bonchev–Trinajstić information content (AvgIpc) is 3.00. The predicted octanol–water partition coefficient (Wildman–Crippen LogP) is 3.35. The highest BCUT2D eigenvalue weighted by Gasteiger charge is 2.30. The summed E-state index contributed by atoms with van der Waals surface area (Å²) >= 11 is 0. The number of nitrogens with zero attached hydrogens (tertiary/aromatic N) is 4. The number of amides is 2. The summed E-state index contributed by atoms with van der Waals surface area (Å²) in [5, 5.41) is 4.63. The molecule has 2 aromatic rings. The minimum atomic E-state index is -0.536. The van der Waals surface area contributed by atoms with Crippen LogP contribution in [0, 0.1) is 6.92 Å². The fourth-order valence-corrected chi connectivity index (χ4v) is 3.17. The Morgan fingerprint density at radius 3 is 2.32 bits per heavy atom. The van der Waals surface area contributed by atoms with E-state index < -0.39 is 5.60 Å². The van der Waals surface area contributed by atoms with Gasteiger partial charge in [-0.3, -0.25) is 4.79 Å². The van der Waals surface area contributed by atoms with E-state index in [1.807, 2.05) is 40.7 Å². The standard InChI is InChI=1S/C20H28N4O4/c1-12(2)15-11-14(16-13(3)22-28-17(16)21-15)18(25)23-7-9-24(10-8-23)19(26)27-20(4,5)6/h11-12H,7-10H2,1-6H3. The first-order chi connectivity index (χ1) is 13.1. The number of carbonyl (C=O) groups is 2. The van der Waals surface area contributed by atoms with Crippen molar-refractivity contribution in [3.8, 4) is 0 Å². The lowest BCUT2D eigenvalue weighted by molar-refractivity contribution is 0.0141. The molecule has 0 saturated carbocycles. The Balaban J connectivity index is 1.79. The van der Waals surface area contributed by atoms with Gasteiger partial charge in [0.05, 0.1) is 16.6 Å². The fraction of sp³-hybridized carbons (Fsp3) is 0.600. The molecule has 8 heteroatoms. The second-order valence-corrected chi connectivity index (χ2v) is 8.46. The number of piperazine rings is 1. The van der Waals surface area contributed by atoms with Crippen molar-refractivity contribution in [1.29, 1.82) is 0 Å². The average molecular weight is 388 g/mol. The Labute approximate surface area is 164 Å². The number of aromatic nitrogens is 2. The second kappa shape index (κ2) is 7.41. The van der Waals surface area contributed by atoms with Crippen LogP contribution in [0.25, 0.3) is 11.1 Å². The van der Waals surface area contributed by atoms with Gasteiger partial charge in [-0.05, 0) is 39.7 Å². The van der Waals surface area contributed by atoms with Crippen molar-refractivity contribution in [3.63, 3.8) is 0 Å². The largest absolute Gasteiger partial charge is 0.444 e. The molecule has 1 aliphatic heterocycles. The van der Waals surface area contributed by atoms with Crippen molar-refractivity contribution in [2.75, 3.05) is 26.2 Å². The molecule has 0 N–H and O–H groups in total. The summed E-state index contributed by atoms with van der Waals surface area (Å²) in [7, 11) is 0. The number of pyridine rings is 1. The number of fused-ring (bicyclic) bond motifs is 1. The third-order valence-corrected chi connectivity index (χ3v) is 4.68. The predicted molar refractivity (Wildman–Crippen MR) is 104 cm³/mol. The van der Waals surface area contributed by atoms with Gasteiger partial charge >= 0.3 is 6.09 Å². The molecule has 1 saturated heterocycles. The van der Waals surface area contributed by atoms with E-state index in [1.165, 1.54) is 0 Å². The maximum absolute atomic E-state index is 13.2. The van der Waals surface area contributed by atoms with Crippen LogP contribution in [-0.4, -0.2) is 63.7 Å². The third-order valence-electron chi connectivity index (χ3n) is 4.68. The molecule has 0 spiro atoms. The molecule has 1 aliphatic rings. The number of ether oxygens (including phenoxy) is 1. The molecular formula is C20H28N4O4. The van der Waals surface area contributed by atoms with Gasteiger partial charge in [-0.15, -0.1) is 0 Å². The van der Waals surface area contributed by atoms with Crippen LogP contribution in [0.4, 0.5) is 4.79 Å². The molecule has 2 amide bonds. The molecule has 0 aliphatic carbocycles. The van der Waals surface area contributed by atoms with E-state index in [4.69, 9.17) is 9.26 Å². The smallest absolute Gasteiger partial charge is 0.410 e. The molecule has 0 unspecified atom stereocenters. The minimum Gasteiger partial charge on any atom is -0.444 e. The van der Waals surface area contributed by atoms with Crippen LogP contribution in [0.3, 0.4) is 0 Å². The molecule has 2 aromatic heterocycles. The maximum atomic E-state index is 13.2. The monoisotopic (exact) mass is 388 g/mol. The molecule has 0 atom stereocenters. The first-order valence-electron chi connectivity index (χ1n) is 9.61. The molecule has 1 fully saturated rings. The highest BCUT2D eigenvalue weighted by atomic mass is 16.6. The van der Waals surface area contributed by atoms with Crippen molar-refractivity contribution in [3.05, 3.63) is 23.0 Å². The normalized spacial score (nSPS) is 15.4. The highest BCUT2D eigenvalue weighted by Crippen LogP contribution is 2.26. The fourth-order valence-electron chi connectivity index (χ4n) is 3.17. The van der Waals surface area contributed by atoms with E-state index in [0.29, 0.717) is 48.5 Å². The van der Waals surface area contributed by atoms with E-state index in [1.54, 1.807) is 16.7 Å². The van der Waals surface area contributed by atoms with Crippen molar-refractivity contribution in [1.82, 2.24) is 19.9 Å². The van der Waals surface area contributed by atoms with Gasteiger partial charge in [0.2, 0.25) is 0 Å². The lowest BCUT2D eigenvalue weighted by atomic mass is 10.0. The maximum Gasteiger partial charge on any atom is 0.410 e. The highest BCUT2D eigenvalue weighted by molar-refractivity contribution is 6.06. The summed E-state index contributed by atoms with van der Waals surface area (Å²) in [6.07, 6.45) is -0.345. The Morgan fingerprint density at radius 2 is 1.75 bits per heavy atom. The molecule has 3 rings (SSSR count). The number of aryl methyl sites for hydroxylation is 1. The van der Waals surface area contributed by atoms with E-state index in [0.717, 1.165) is 5.69 Å². The topological polar surface area (TPSA) is 88.8 Å². The lowest BCUT2D eigenvalue weighted by Gasteiger charge is -2.35. The molecule has 8 nitrogen and oxygen atoms in total. The molecule has 0 bridgehead atoms. The number of hydrogen-bond acceptors (Lipinski definition) is 6. The van der Waals surface area contributed by atoms with Gasteiger partial charge in [0, 0.05) is 31.9 Å². The minimum absolute atomic E-state index is 0.0931. The van der Waals surface area contributed by atoms with Crippen LogP contribution >= 0.6 is 0 Å². The summed E-state index contributed by atoms with van der Waals surface area (Å²) in [5.41, 5.74) is 1.84. The SMILES string of the molecule is Cc1noc2nc(C(C)C)cc(C(=O)N3CCN(C(=O)OC(C)(C)C)CC3)c12. The summed E-state index contributed by atoms with van der Waals surface area (Å²) in [4.78, 5) is 33.4. The van der Waals surface area contributed by atoms with Crippen molar-refractivity contribution < 1.29 is 18.8 Å². The van der Waals surface area contributed by atoms with Crippen molar-refractivity contribution in [2.45, 2.75) is 53.1 Å². The zero-order valence-corrected chi connectivity index (χ0v) is 17.4. The summed E-state index contributed by atoms with van der Waals surface area (Å²) in [6, 6.07) is 1.83. The van der Waals surface area contributed by atoms with Gasteiger partial charge in [0.1, 0.15) is 5.60 Å². The lowest BCUT2D eigenvalue weighted by Crippen LogP contribution is -2.51. The van der Waals surface area contributed by atoms with E-state index in [2.05, 4.69) is 10.1 Å². The summed E-state index contributed by atoms with van der Waals surface area (Å²) < 4.78 is 10.7. The number of rotatable bonds is 2. The quantitative estimate of drug-likeness (QED) is 0.784. The zero-order valence-electron chi connectivity index (χ0n) is 17.4. The molecule has 28 heavy (non-hydrogen) atoms. The van der Waals surface area contributed by atoms with Crippen molar-refractivity contribution >= 4 is 23.1 Å². The third kappa shape index (κ3) is 4.10. The Bertz CT molecular complexity index is 889. The summed E-state index contributed by atoms with van der Waals surface area (Å²) in [6.45, 7) is 13.1. The molecule has 0 aromatic carbocycles. The van der Waals surface area contributed by atoms with Gasteiger partial charge < -0.3 is 19.1 Å². The van der Waals surface area contributed by atoms with Crippen LogP contribution in [-0.2, 0) is 4.74 Å². The zero-order chi connectivity index (χ0) is 20.6. The van der Waals surface area contributed by atoms with Crippen molar-refractivity contribution in [2.24, 2.45) is 0 Å². The van der Waals surface area contributed by atoms with Crippen LogP contribution in [0.5, 0.6) is 0 Å². The van der Waals surface area contributed by atoms with Gasteiger partial charge in [-0.2, -0.15) is 0 Å². The van der Waals surface area contributed by atoms with Crippen LogP contribution < -0.4 is 0 Å². The Hall–Kier alpha value is -2.64. The first kappa shape index (κ1) is 20.1. The molecule has 3 heterocycles. The second-order valence-electron chi connectivity index (χ2n) is 8.46. The number of carbonyl (C=O) groups excluding carboxylic acids is 2. The van der Waals surface area contributed by atoms with Crippen LogP contribution in [0.2, 0.25) is 0 Å². The van der Waals surface area contributed by atoms with Gasteiger partial charge in [-0.25, -0.2) is 9.78 Å². The van der Waals surface area contributed by atoms with Crippen LogP contribution in [0.15, 0.2) is 10.6 Å². The van der Waals surface area contributed by atoms with E-state index in [-0.39, 0.29) is 17.9 Å². The first-order valence-corrected chi connectivity index (χ1v) is 9.61. The van der Waals surface area contributed by atoms with Gasteiger partial charge in [-0.1, -0.05) is 19.0 Å². The molecular weight excluding hydrogens is 360 g/mol. The van der Waals surface area contributed by atoms with Gasteiger partial charge in [0.15, 0.2) is 0 Å². The van der Waals surface area contributed by atoms with Gasteiger partial charge in [0.25, 0.3) is 11.6 Å². The summed E-state index contributed by atoms with van der Waals surface area (Å²) in [5.74, 6) is 0.0646. The Kier molecular flexibility index (Phi) is 5.32. The Morgan fingerprint density at radius 1 is 1.14 bits per heavy atom. The van der Waals surface area contributed by atoms with E-state index in [9.17, 15) is 9.59 Å².